The van der Waals surface area contributed by atoms with Crippen LogP contribution in [0.4, 0.5) is 15.8 Å². The molecule has 1 heterocycles. The number of nitrogens with two attached hydrogens (primary N) is 1. The molecule has 0 saturated carbocycles. The smallest absolute Gasteiger partial charge is 0.209 e. The number of hydrogen-bond acceptors (Lipinski definition) is 3. The van der Waals surface area contributed by atoms with Gasteiger partial charge in [-0.2, -0.15) is 0 Å². The van der Waals surface area contributed by atoms with Crippen LogP contribution in [0.2, 0.25) is 0 Å². The van der Waals surface area contributed by atoms with E-state index >= 15 is 0 Å². The Kier molecular flexibility index (Phi) is 2.94. The van der Waals surface area contributed by atoms with Crippen LogP contribution < -0.4 is 10.6 Å². The SMILES string of the molecule is Nc1cccc(F)c1N1CCN(C=O)CC1. The van der Waals surface area contributed by atoms with Crippen molar-refractivity contribution in [2.75, 3.05) is 36.8 Å². The zero-order valence-corrected chi connectivity index (χ0v) is 8.90. The number of rotatable bonds is 2. The van der Waals surface area contributed by atoms with Gasteiger partial charge < -0.3 is 15.5 Å². The second-order valence-corrected chi connectivity index (χ2v) is 3.81. The van der Waals surface area contributed by atoms with Crippen LogP contribution in [0.25, 0.3) is 0 Å². The molecule has 1 saturated heterocycles. The maximum absolute atomic E-state index is 13.6. The van der Waals surface area contributed by atoms with Gasteiger partial charge in [-0.15, -0.1) is 0 Å². The van der Waals surface area contributed by atoms with Gasteiger partial charge in [0.2, 0.25) is 6.41 Å². The van der Waals surface area contributed by atoms with Crippen LogP contribution in [0, 0.1) is 5.82 Å². The molecule has 86 valence electrons. The van der Waals surface area contributed by atoms with E-state index in [0.717, 1.165) is 6.41 Å². The van der Waals surface area contributed by atoms with Crippen LogP contribution in [0.3, 0.4) is 0 Å². The zero-order valence-electron chi connectivity index (χ0n) is 8.90. The van der Waals surface area contributed by atoms with Crippen molar-refractivity contribution >= 4 is 17.8 Å². The van der Waals surface area contributed by atoms with Crippen LogP contribution in [-0.2, 0) is 4.79 Å². The Balaban J connectivity index is 2.17. The number of halogens is 1. The zero-order chi connectivity index (χ0) is 11.5. The van der Waals surface area contributed by atoms with Gasteiger partial charge in [0.15, 0.2) is 0 Å². The van der Waals surface area contributed by atoms with Crippen molar-refractivity contribution in [3.05, 3.63) is 24.0 Å². The molecule has 0 atom stereocenters. The van der Waals surface area contributed by atoms with Gasteiger partial charge >= 0.3 is 0 Å². The highest BCUT2D eigenvalue weighted by molar-refractivity contribution is 5.68. The average molecular weight is 223 g/mol. The lowest BCUT2D eigenvalue weighted by Crippen LogP contribution is -2.46. The van der Waals surface area contributed by atoms with Gasteiger partial charge in [0.05, 0.1) is 11.4 Å². The molecule has 16 heavy (non-hydrogen) atoms. The van der Waals surface area contributed by atoms with Gasteiger partial charge in [-0.05, 0) is 12.1 Å². The monoisotopic (exact) mass is 223 g/mol. The van der Waals surface area contributed by atoms with Crippen molar-refractivity contribution in [2.24, 2.45) is 0 Å². The van der Waals surface area contributed by atoms with Gasteiger partial charge in [0.25, 0.3) is 0 Å². The van der Waals surface area contributed by atoms with Crippen LogP contribution in [-0.4, -0.2) is 37.5 Å². The summed E-state index contributed by atoms with van der Waals surface area (Å²) in [7, 11) is 0. The Labute approximate surface area is 93.4 Å². The molecule has 1 aromatic rings. The highest BCUT2D eigenvalue weighted by Crippen LogP contribution is 2.27. The van der Waals surface area contributed by atoms with Crippen molar-refractivity contribution < 1.29 is 9.18 Å². The summed E-state index contributed by atoms with van der Waals surface area (Å²) in [4.78, 5) is 14.1. The lowest BCUT2D eigenvalue weighted by Gasteiger charge is -2.34. The first kappa shape index (κ1) is 10.7. The largest absolute Gasteiger partial charge is 0.397 e. The molecule has 0 spiro atoms. The van der Waals surface area contributed by atoms with E-state index in [1.807, 2.05) is 4.90 Å². The summed E-state index contributed by atoms with van der Waals surface area (Å²) in [5, 5.41) is 0. The third-order valence-electron chi connectivity index (χ3n) is 2.80. The van der Waals surface area contributed by atoms with Crippen molar-refractivity contribution in [3.63, 3.8) is 0 Å². The fourth-order valence-corrected chi connectivity index (χ4v) is 1.92. The Morgan fingerprint density at radius 3 is 2.50 bits per heavy atom. The lowest BCUT2D eigenvalue weighted by atomic mass is 10.2. The number of carbonyl (C=O) groups excluding carboxylic acids is 1. The fraction of sp³-hybridized carbons (Fsp3) is 0.364. The molecule has 2 rings (SSSR count). The van der Waals surface area contributed by atoms with Crippen molar-refractivity contribution in [3.8, 4) is 0 Å². The molecule has 1 fully saturated rings. The summed E-state index contributed by atoms with van der Waals surface area (Å²) in [6, 6.07) is 4.68. The second-order valence-electron chi connectivity index (χ2n) is 3.81. The molecule has 0 radical (unpaired) electrons. The quantitative estimate of drug-likeness (QED) is 0.592. The number of nitrogen functional groups attached to an aromatic ring is 1. The average Bonchev–Trinajstić information content (AvgIpc) is 2.30. The highest BCUT2D eigenvalue weighted by Gasteiger charge is 2.19. The number of hydrogen-bond donors (Lipinski definition) is 1. The van der Waals surface area contributed by atoms with Gasteiger partial charge in [-0.1, -0.05) is 6.07 Å². The molecule has 4 nitrogen and oxygen atoms in total. The molecular formula is C11H14FN3O. The van der Waals surface area contributed by atoms with E-state index < -0.39 is 0 Å². The molecule has 2 N–H and O–H groups in total. The summed E-state index contributed by atoms with van der Waals surface area (Å²) in [6.07, 6.45) is 0.821. The second kappa shape index (κ2) is 4.38. The molecule has 1 aliphatic heterocycles. The first-order valence-electron chi connectivity index (χ1n) is 5.20. The Hall–Kier alpha value is -1.78. The maximum atomic E-state index is 13.6. The minimum absolute atomic E-state index is 0.306. The molecular weight excluding hydrogens is 209 g/mol. The first-order chi connectivity index (χ1) is 7.72. The number of carbonyl (C=O) groups is 1. The fourth-order valence-electron chi connectivity index (χ4n) is 1.92. The summed E-state index contributed by atoms with van der Waals surface area (Å²) >= 11 is 0. The minimum atomic E-state index is -0.306. The van der Waals surface area contributed by atoms with E-state index in [1.54, 1.807) is 17.0 Å². The number of anilines is 2. The molecule has 0 bridgehead atoms. The van der Waals surface area contributed by atoms with Gasteiger partial charge in [0.1, 0.15) is 5.82 Å². The van der Waals surface area contributed by atoms with Crippen molar-refractivity contribution in [2.45, 2.75) is 0 Å². The molecule has 1 aromatic carbocycles. The summed E-state index contributed by atoms with van der Waals surface area (Å²) in [5.74, 6) is -0.306. The van der Waals surface area contributed by atoms with Gasteiger partial charge in [-0.3, -0.25) is 4.79 Å². The summed E-state index contributed by atoms with van der Waals surface area (Å²) in [6.45, 7) is 2.45. The van der Waals surface area contributed by atoms with Gasteiger partial charge in [0, 0.05) is 26.2 Å². The first-order valence-corrected chi connectivity index (χ1v) is 5.20. The van der Waals surface area contributed by atoms with Crippen molar-refractivity contribution in [1.29, 1.82) is 0 Å². The third kappa shape index (κ3) is 1.93. The predicted octanol–water partition coefficient (Wildman–Crippen LogP) is 0.686. The van der Waals surface area contributed by atoms with E-state index in [9.17, 15) is 9.18 Å². The standard InChI is InChI=1S/C11H14FN3O/c12-9-2-1-3-10(13)11(9)15-6-4-14(8-16)5-7-15/h1-3,8H,4-7,13H2. The number of nitrogens with zero attached hydrogens (tertiary/aromatic N) is 2. The van der Waals surface area contributed by atoms with E-state index in [-0.39, 0.29) is 5.82 Å². The number of benzene rings is 1. The van der Waals surface area contributed by atoms with Crippen LogP contribution >= 0.6 is 0 Å². The number of piperazine rings is 1. The number of amides is 1. The predicted molar refractivity (Wildman–Crippen MR) is 60.7 cm³/mol. The molecule has 0 aliphatic carbocycles. The number of para-hydroxylation sites is 1. The molecule has 1 amide bonds. The van der Waals surface area contributed by atoms with E-state index in [4.69, 9.17) is 5.73 Å². The van der Waals surface area contributed by atoms with E-state index in [1.165, 1.54) is 6.07 Å². The third-order valence-corrected chi connectivity index (χ3v) is 2.80. The highest BCUT2D eigenvalue weighted by atomic mass is 19.1. The minimum Gasteiger partial charge on any atom is -0.397 e. The Morgan fingerprint density at radius 1 is 1.25 bits per heavy atom. The molecule has 0 unspecified atom stereocenters. The van der Waals surface area contributed by atoms with E-state index in [2.05, 4.69) is 0 Å². The molecule has 5 heteroatoms. The van der Waals surface area contributed by atoms with E-state index in [0.29, 0.717) is 37.6 Å². The maximum Gasteiger partial charge on any atom is 0.209 e. The Bertz CT molecular complexity index is 369. The topological polar surface area (TPSA) is 49.6 Å². The lowest BCUT2D eigenvalue weighted by molar-refractivity contribution is -0.118. The molecule has 1 aliphatic rings. The van der Waals surface area contributed by atoms with Crippen LogP contribution in [0.5, 0.6) is 0 Å². The summed E-state index contributed by atoms with van der Waals surface area (Å²) in [5.41, 5.74) is 6.65. The van der Waals surface area contributed by atoms with Crippen molar-refractivity contribution in [1.82, 2.24) is 4.90 Å². The molecule has 0 aromatic heterocycles. The van der Waals surface area contributed by atoms with Crippen LogP contribution in [0.15, 0.2) is 18.2 Å². The normalized spacial score (nSPS) is 16.3. The van der Waals surface area contributed by atoms with Crippen LogP contribution in [0.1, 0.15) is 0 Å². The Morgan fingerprint density at radius 2 is 1.94 bits per heavy atom. The summed E-state index contributed by atoms with van der Waals surface area (Å²) < 4.78 is 13.6. The van der Waals surface area contributed by atoms with Gasteiger partial charge in [-0.25, -0.2) is 4.39 Å².